The molecule has 0 unspecified atom stereocenters. The smallest absolute Gasteiger partial charge is 0.246 e. The number of amides is 1. The minimum Gasteiger partial charge on any atom is -0.357 e. The highest BCUT2D eigenvalue weighted by molar-refractivity contribution is 5.98. The van der Waals surface area contributed by atoms with Crippen molar-refractivity contribution in [1.29, 1.82) is 0 Å². The number of pyridine rings is 1. The van der Waals surface area contributed by atoms with Gasteiger partial charge in [-0.15, -0.1) is 0 Å². The number of hydrogen-bond acceptors (Lipinski definition) is 5. The van der Waals surface area contributed by atoms with Crippen LogP contribution in [0.3, 0.4) is 0 Å². The molecule has 0 bridgehead atoms. The van der Waals surface area contributed by atoms with Crippen LogP contribution < -0.4 is 15.1 Å². The monoisotopic (exact) mass is 424 g/mol. The Morgan fingerprint density at radius 2 is 2.00 bits per heavy atom. The maximum absolute atomic E-state index is 12.7. The second-order valence-corrected chi connectivity index (χ2v) is 8.43. The van der Waals surface area contributed by atoms with E-state index in [-0.39, 0.29) is 5.91 Å². The summed E-state index contributed by atoms with van der Waals surface area (Å²) in [6, 6.07) is 4.22. The lowest BCUT2D eigenvalue weighted by Gasteiger charge is -2.35. The third-order valence-corrected chi connectivity index (χ3v) is 6.10. The van der Waals surface area contributed by atoms with Crippen molar-refractivity contribution in [2.24, 2.45) is 18.0 Å². The Bertz CT molecular complexity index is 914. The SMILES string of the molecule is CN=C(NCc1ccc(N2CCC(C)CC2)nc1)N1CCN(c2cnn(C)c2)C(=O)C1. The van der Waals surface area contributed by atoms with Crippen molar-refractivity contribution in [3.05, 3.63) is 36.3 Å². The van der Waals surface area contributed by atoms with Crippen LogP contribution in [0.25, 0.3) is 0 Å². The molecule has 2 saturated heterocycles. The topological polar surface area (TPSA) is 81.9 Å². The number of aliphatic imine (C=N–C) groups is 1. The highest BCUT2D eigenvalue weighted by atomic mass is 16.2. The molecule has 4 rings (SSSR count). The Balaban J connectivity index is 1.30. The molecule has 4 heterocycles. The molecule has 166 valence electrons. The van der Waals surface area contributed by atoms with Gasteiger partial charge in [0, 0.05) is 59.2 Å². The fourth-order valence-electron chi connectivity index (χ4n) is 4.13. The van der Waals surface area contributed by atoms with Crippen LogP contribution in [0.4, 0.5) is 11.5 Å². The summed E-state index contributed by atoms with van der Waals surface area (Å²) in [5.41, 5.74) is 1.93. The molecule has 0 radical (unpaired) electrons. The largest absolute Gasteiger partial charge is 0.357 e. The van der Waals surface area contributed by atoms with Gasteiger partial charge in [-0.2, -0.15) is 5.10 Å². The lowest BCUT2D eigenvalue weighted by molar-refractivity contribution is -0.120. The van der Waals surface area contributed by atoms with E-state index in [1.54, 1.807) is 22.8 Å². The molecular formula is C22H32N8O. The predicted molar refractivity (Wildman–Crippen MR) is 122 cm³/mol. The maximum atomic E-state index is 12.7. The van der Waals surface area contributed by atoms with E-state index in [1.807, 2.05) is 24.3 Å². The predicted octanol–water partition coefficient (Wildman–Crippen LogP) is 1.48. The summed E-state index contributed by atoms with van der Waals surface area (Å²) >= 11 is 0. The van der Waals surface area contributed by atoms with E-state index >= 15 is 0 Å². The fraction of sp³-hybridized carbons (Fsp3) is 0.545. The first-order chi connectivity index (χ1) is 15.0. The van der Waals surface area contributed by atoms with Gasteiger partial charge in [0.25, 0.3) is 0 Å². The summed E-state index contributed by atoms with van der Waals surface area (Å²) in [5.74, 6) is 2.64. The molecule has 2 aliphatic heterocycles. The Hall–Kier alpha value is -3.10. The maximum Gasteiger partial charge on any atom is 0.246 e. The normalized spacial score (nSPS) is 18.6. The molecule has 2 aliphatic rings. The molecule has 0 aliphatic carbocycles. The van der Waals surface area contributed by atoms with Crippen LogP contribution in [0.2, 0.25) is 0 Å². The summed E-state index contributed by atoms with van der Waals surface area (Å²) in [7, 11) is 3.60. The number of nitrogens with zero attached hydrogens (tertiary/aromatic N) is 7. The van der Waals surface area contributed by atoms with Crippen molar-refractivity contribution in [3.8, 4) is 0 Å². The van der Waals surface area contributed by atoms with Crippen LogP contribution in [-0.2, 0) is 18.4 Å². The summed E-state index contributed by atoms with van der Waals surface area (Å²) in [5, 5.41) is 7.54. The van der Waals surface area contributed by atoms with E-state index in [0.717, 1.165) is 42.0 Å². The van der Waals surface area contributed by atoms with Crippen molar-refractivity contribution in [1.82, 2.24) is 25.0 Å². The molecule has 0 spiro atoms. The lowest BCUT2D eigenvalue weighted by Crippen LogP contribution is -2.55. The minimum absolute atomic E-state index is 0.0454. The molecule has 0 atom stereocenters. The van der Waals surface area contributed by atoms with E-state index in [9.17, 15) is 4.79 Å². The Morgan fingerprint density at radius 1 is 1.19 bits per heavy atom. The fourth-order valence-corrected chi connectivity index (χ4v) is 4.13. The van der Waals surface area contributed by atoms with Crippen molar-refractivity contribution < 1.29 is 4.79 Å². The number of guanidine groups is 1. The molecule has 0 aromatic carbocycles. The number of carbonyl (C=O) groups excluding carboxylic acids is 1. The molecule has 1 amide bonds. The second kappa shape index (κ2) is 9.36. The number of nitrogens with one attached hydrogen (secondary N) is 1. The Labute approximate surface area is 183 Å². The van der Waals surface area contributed by atoms with Crippen LogP contribution >= 0.6 is 0 Å². The summed E-state index contributed by atoms with van der Waals surface area (Å²) < 4.78 is 1.71. The lowest BCUT2D eigenvalue weighted by atomic mass is 9.99. The Morgan fingerprint density at radius 3 is 2.61 bits per heavy atom. The van der Waals surface area contributed by atoms with Gasteiger partial charge in [0.2, 0.25) is 5.91 Å². The van der Waals surface area contributed by atoms with E-state index in [2.05, 4.69) is 44.3 Å². The second-order valence-electron chi connectivity index (χ2n) is 8.43. The molecule has 2 fully saturated rings. The molecule has 1 N–H and O–H groups in total. The van der Waals surface area contributed by atoms with E-state index in [1.165, 1.54) is 12.8 Å². The van der Waals surface area contributed by atoms with Gasteiger partial charge in [-0.05, 0) is 30.4 Å². The zero-order valence-electron chi connectivity index (χ0n) is 18.7. The molecule has 0 saturated carbocycles. The van der Waals surface area contributed by atoms with E-state index in [0.29, 0.717) is 26.2 Å². The van der Waals surface area contributed by atoms with Crippen molar-refractivity contribution >= 4 is 23.4 Å². The van der Waals surface area contributed by atoms with Gasteiger partial charge in [0.05, 0.1) is 11.9 Å². The summed E-state index contributed by atoms with van der Waals surface area (Å²) in [6.45, 7) is 6.71. The van der Waals surface area contributed by atoms with Crippen LogP contribution in [0.15, 0.2) is 35.7 Å². The first-order valence-corrected chi connectivity index (χ1v) is 11.0. The highest BCUT2D eigenvalue weighted by Crippen LogP contribution is 2.21. The third-order valence-electron chi connectivity index (χ3n) is 6.10. The Kier molecular flexibility index (Phi) is 6.39. The van der Waals surface area contributed by atoms with Crippen molar-refractivity contribution in [2.45, 2.75) is 26.3 Å². The molecule has 2 aromatic heterocycles. The van der Waals surface area contributed by atoms with Crippen LogP contribution in [0.5, 0.6) is 0 Å². The number of aryl methyl sites for hydroxylation is 1. The van der Waals surface area contributed by atoms with Gasteiger partial charge in [0.1, 0.15) is 12.4 Å². The van der Waals surface area contributed by atoms with Gasteiger partial charge >= 0.3 is 0 Å². The van der Waals surface area contributed by atoms with E-state index in [4.69, 9.17) is 0 Å². The first kappa shape index (κ1) is 21.1. The van der Waals surface area contributed by atoms with Gasteiger partial charge in [-0.25, -0.2) is 4.98 Å². The standard InChI is InChI=1S/C22H32N8O/c1-17-6-8-28(9-7-17)20-5-4-18(12-24-20)13-25-22(23-2)29-10-11-30(21(31)16-29)19-14-26-27(3)15-19/h4-5,12,14-15,17H,6-11,13,16H2,1-3H3,(H,23,25). The average molecular weight is 425 g/mol. The van der Waals surface area contributed by atoms with Gasteiger partial charge in [-0.3, -0.25) is 14.5 Å². The van der Waals surface area contributed by atoms with Gasteiger partial charge in [-0.1, -0.05) is 13.0 Å². The summed E-state index contributed by atoms with van der Waals surface area (Å²) in [6.07, 6.45) is 7.98. The number of piperidine rings is 1. The summed E-state index contributed by atoms with van der Waals surface area (Å²) in [4.78, 5) is 27.8. The number of carbonyl (C=O) groups is 1. The van der Waals surface area contributed by atoms with Gasteiger partial charge < -0.3 is 20.0 Å². The van der Waals surface area contributed by atoms with Crippen LogP contribution in [-0.4, -0.2) is 71.3 Å². The zero-order valence-corrected chi connectivity index (χ0v) is 18.7. The number of rotatable bonds is 4. The van der Waals surface area contributed by atoms with Crippen molar-refractivity contribution in [2.75, 3.05) is 49.6 Å². The number of anilines is 2. The number of hydrogen-bond donors (Lipinski definition) is 1. The number of piperazine rings is 1. The minimum atomic E-state index is 0.0454. The van der Waals surface area contributed by atoms with Crippen LogP contribution in [0.1, 0.15) is 25.3 Å². The highest BCUT2D eigenvalue weighted by Gasteiger charge is 2.27. The van der Waals surface area contributed by atoms with E-state index < -0.39 is 0 Å². The zero-order chi connectivity index (χ0) is 21.8. The molecule has 31 heavy (non-hydrogen) atoms. The molecule has 9 nitrogen and oxygen atoms in total. The number of aromatic nitrogens is 3. The molecular weight excluding hydrogens is 392 g/mol. The van der Waals surface area contributed by atoms with Crippen molar-refractivity contribution in [3.63, 3.8) is 0 Å². The van der Waals surface area contributed by atoms with Crippen LogP contribution in [0, 0.1) is 5.92 Å². The van der Waals surface area contributed by atoms with Gasteiger partial charge in [0.15, 0.2) is 5.96 Å². The molecule has 2 aromatic rings. The average Bonchev–Trinajstić information content (AvgIpc) is 3.21. The first-order valence-electron chi connectivity index (χ1n) is 11.0. The quantitative estimate of drug-likeness (QED) is 0.591. The third kappa shape index (κ3) is 4.98. The molecule has 9 heteroatoms.